The molecule has 0 aliphatic heterocycles. The molecule has 0 aliphatic carbocycles. The lowest BCUT2D eigenvalue weighted by atomic mass is 10.3. The predicted octanol–water partition coefficient (Wildman–Crippen LogP) is 0.290. The van der Waals surface area contributed by atoms with E-state index < -0.39 is 0 Å². The number of anilines is 1. The van der Waals surface area contributed by atoms with Gasteiger partial charge in [-0.2, -0.15) is 5.10 Å². The zero-order valence-corrected chi connectivity index (χ0v) is 8.51. The fraction of sp³-hybridized carbons (Fsp3) is 0.125. The summed E-state index contributed by atoms with van der Waals surface area (Å²) in [5.74, 6) is 0.751. The van der Waals surface area contributed by atoms with Crippen LogP contribution in [0.3, 0.4) is 0 Å². The highest BCUT2D eigenvalue weighted by Gasteiger charge is 1.96. The third-order valence-electron chi connectivity index (χ3n) is 1.45. The Labute approximate surface area is 87.4 Å². The zero-order valence-electron chi connectivity index (χ0n) is 7.69. The van der Waals surface area contributed by atoms with Crippen LogP contribution in [0.2, 0.25) is 0 Å². The van der Waals surface area contributed by atoms with E-state index in [9.17, 15) is 0 Å². The molecule has 0 aliphatic rings. The minimum absolute atomic E-state index is 0.135. The van der Waals surface area contributed by atoms with Crippen LogP contribution in [0, 0.1) is 0 Å². The molecule has 0 saturated carbocycles. The predicted molar refractivity (Wildman–Crippen MR) is 61.3 cm³/mol. The Balaban J connectivity index is 2.75. The molecular weight excluding hydrogens is 198 g/mol. The van der Waals surface area contributed by atoms with Crippen LogP contribution >= 0.6 is 12.2 Å². The minimum atomic E-state index is 0.135. The van der Waals surface area contributed by atoms with Crippen molar-refractivity contribution in [2.75, 3.05) is 12.4 Å². The van der Waals surface area contributed by atoms with Crippen molar-refractivity contribution in [2.45, 2.75) is 0 Å². The number of hydrogen-bond acceptors (Lipinski definition) is 4. The topological polar surface area (TPSA) is 75.3 Å². The zero-order chi connectivity index (χ0) is 10.4. The van der Waals surface area contributed by atoms with Gasteiger partial charge in [0.2, 0.25) is 0 Å². The molecule has 0 aromatic carbocycles. The van der Waals surface area contributed by atoms with Crippen molar-refractivity contribution in [3.63, 3.8) is 0 Å². The first-order valence-electron chi connectivity index (χ1n) is 3.95. The molecule has 0 spiro atoms. The fourth-order valence-corrected chi connectivity index (χ4v) is 0.949. The molecule has 74 valence electrons. The van der Waals surface area contributed by atoms with E-state index in [0.29, 0.717) is 0 Å². The average molecular weight is 209 g/mol. The fourth-order valence-electron chi connectivity index (χ4n) is 0.896. The first-order chi connectivity index (χ1) is 6.74. The molecule has 0 radical (unpaired) electrons. The van der Waals surface area contributed by atoms with Gasteiger partial charge in [0.25, 0.3) is 0 Å². The van der Waals surface area contributed by atoms with E-state index in [2.05, 4.69) is 33.0 Å². The van der Waals surface area contributed by atoms with Crippen molar-refractivity contribution < 1.29 is 0 Å². The van der Waals surface area contributed by atoms with Gasteiger partial charge in [-0.05, 0) is 24.4 Å². The molecule has 4 N–H and O–H groups in total. The van der Waals surface area contributed by atoms with Gasteiger partial charge < -0.3 is 11.1 Å². The van der Waals surface area contributed by atoms with Crippen LogP contribution < -0.4 is 16.5 Å². The number of aromatic nitrogens is 1. The molecule has 0 saturated heterocycles. The number of hydrogen-bond donors (Lipinski definition) is 3. The largest absolute Gasteiger partial charge is 0.375 e. The lowest BCUT2D eigenvalue weighted by Crippen LogP contribution is -2.24. The summed E-state index contributed by atoms with van der Waals surface area (Å²) in [5.41, 5.74) is 8.53. The summed E-state index contributed by atoms with van der Waals surface area (Å²) >= 11 is 4.59. The van der Waals surface area contributed by atoms with Crippen molar-refractivity contribution in [3.8, 4) is 0 Å². The number of rotatable bonds is 3. The summed E-state index contributed by atoms with van der Waals surface area (Å²) in [6, 6.07) is 3.70. The van der Waals surface area contributed by atoms with Gasteiger partial charge in [0.15, 0.2) is 5.11 Å². The molecule has 14 heavy (non-hydrogen) atoms. The summed E-state index contributed by atoms with van der Waals surface area (Å²) < 4.78 is 0. The SMILES string of the molecule is CNc1ncccc1/C=N\NC(N)=S. The molecule has 1 rings (SSSR count). The van der Waals surface area contributed by atoms with Crippen LogP contribution in [-0.2, 0) is 0 Å². The molecule has 1 heterocycles. The third-order valence-corrected chi connectivity index (χ3v) is 1.55. The van der Waals surface area contributed by atoms with Gasteiger partial charge >= 0.3 is 0 Å². The highest BCUT2D eigenvalue weighted by molar-refractivity contribution is 7.80. The van der Waals surface area contributed by atoms with Crippen LogP contribution in [0.1, 0.15) is 5.56 Å². The molecule has 1 aromatic rings. The third kappa shape index (κ3) is 2.98. The van der Waals surface area contributed by atoms with E-state index >= 15 is 0 Å². The van der Waals surface area contributed by atoms with Crippen molar-refractivity contribution in [2.24, 2.45) is 10.8 Å². The molecule has 6 heteroatoms. The van der Waals surface area contributed by atoms with E-state index in [1.807, 2.05) is 12.1 Å². The lowest BCUT2D eigenvalue weighted by Gasteiger charge is -2.01. The van der Waals surface area contributed by atoms with Gasteiger partial charge in [-0.1, -0.05) is 0 Å². The maximum Gasteiger partial charge on any atom is 0.184 e. The van der Waals surface area contributed by atoms with Crippen molar-refractivity contribution in [3.05, 3.63) is 23.9 Å². The van der Waals surface area contributed by atoms with Gasteiger partial charge in [-0.25, -0.2) is 4.98 Å². The van der Waals surface area contributed by atoms with E-state index in [1.54, 1.807) is 19.5 Å². The monoisotopic (exact) mass is 209 g/mol. The van der Waals surface area contributed by atoms with Crippen LogP contribution in [0.25, 0.3) is 0 Å². The number of pyridine rings is 1. The van der Waals surface area contributed by atoms with Crippen molar-refractivity contribution in [1.29, 1.82) is 0 Å². The van der Waals surface area contributed by atoms with E-state index in [4.69, 9.17) is 5.73 Å². The lowest BCUT2D eigenvalue weighted by molar-refractivity contribution is 1.04. The molecule has 0 amide bonds. The van der Waals surface area contributed by atoms with Crippen LogP contribution in [-0.4, -0.2) is 23.4 Å². The molecule has 1 aromatic heterocycles. The first kappa shape index (κ1) is 10.4. The van der Waals surface area contributed by atoms with E-state index in [0.717, 1.165) is 11.4 Å². The summed E-state index contributed by atoms with van der Waals surface area (Å²) in [6.45, 7) is 0. The Morgan fingerprint density at radius 2 is 2.50 bits per heavy atom. The van der Waals surface area contributed by atoms with Gasteiger partial charge in [0.05, 0.1) is 6.21 Å². The molecule has 5 nitrogen and oxygen atoms in total. The van der Waals surface area contributed by atoms with Gasteiger partial charge in [0, 0.05) is 18.8 Å². The first-order valence-corrected chi connectivity index (χ1v) is 4.36. The second kappa shape index (κ2) is 5.13. The smallest absolute Gasteiger partial charge is 0.184 e. The quantitative estimate of drug-likeness (QED) is 0.379. The maximum absolute atomic E-state index is 5.20. The highest BCUT2D eigenvalue weighted by Crippen LogP contribution is 2.06. The molecule has 0 atom stereocenters. The standard InChI is InChI=1S/C8H11N5S/c1-10-7-6(3-2-4-11-7)5-12-13-8(9)14/h2-5H,1H3,(H,10,11)(H3,9,13,14)/b12-5-. The highest BCUT2D eigenvalue weighted by atomic mass is 32.1. The Bertz CT molecular complexity index is 349. The average Bonchev–Trinajstić information content (AvgIpc) is 2.18. The Kier molecular flexibility index (Phi) is 3.81. The summed E-state index contributed by atoms with van der Waals surface area (Å²) in [4.78, 5) is 4.10. The second-order valence-corrected chi connectivity index (χ2v) is 2.87. The number of thiocarbonyl (C=S) groups is 1. The summed E-state index contributed by atoms with van der Waals surface area (Å²) in [6.07, 6.45) is 3.29. The number of nitrogens with one attached hydrogen (secondary N) is 2. The van der Waals surface area contributed by atoms with Crippen LogP contribution in [0.4, 0.5) is 5.82 Å². The molecule has 0 fully saturated rings. The molecule has 0 unspecified atom stereocenters. The molecular formula is C8H11N5S. The van der Waals surface area contributed by atoms with Crippen LogP contribution in [0.15, 0.2) is 23.4 Å². The maximum atomic E-state index is 5.20. The van der Waals surface area contributed by atoms with Crippen molar-refractivity contribution >= 4 is 29.4 Å². The van der Waals surface area contributed by atoms with E-state index in [1.165, 1.54) is 0 Å². The van der Waals surface area contributed by atoms with Gasteiger partial charge in [0.1, 0.15) is 5.82 Å². The summed E-state index contributed by atoms with van der Waals surface area (Å²) in [5, 5.41) is 6.90. The Morgan fingerprint density at radius 3 is 3.14 bits per heavy atom. The van der Waals surface area contributed by atoms with Gasteiger partial charge in [-0.15, -0.1) is 0 Å². The number of nitrogens with zero attached hydrogens (tertiary/aromatic N) is 2. The number of hydrazone groups is 1. The van der Waals surface area contributed by atoms with Crippen LogP contribution in [0.5, 0.6) is 0 Å². The second-order valence-electron chi connectivity index (χ2n) is 2.43. The van der Waals surface area contributed by atoms with Crippen molar-refractivity contribution in [1.82, 2.24) is 10.4 Å². The van der Waals surface area contributed by atoms with E-state index in [-0.39, 0.29) is 5.11 Å². The number of nitrogens with two attached hydrogens (primary N) is 1. The normalized spacial score (nSPS) is 10.1. The molecule has 0 bridgehead atoms. The minimum Gasteiger partial charge on any atom is -0.375 e. The Hall–Kier alpha value is -1.69. The Morgan fingerprint density at radius 1 is 1.71 bits per heavy atom. The van der Waals surface area contributed by atoms with Gasteiger partial charge in [-0.3, -0.25) is 5.43 Å². The summed E-state index contributed by atoms with van der Waals surface area (Å²) in [7, 11) is 1.79.